The molecule has 5 nitrogen and oxygen atoms in total. The summed E-state index contributed by atoms with van der Waals surface area (Å²) >= 11 is 3.36. The van der Waals surface area contributed by atoms with Crippen molar-refractivity contribution in [2.45, 2.75) is 18.7 Å². The topological polar surface area (TPSA) is 66.5 Å². The molecule has 128 valence electrons. The molecule has 0 aliphatic rings. The molecule has 24 heavy (non-hydrogen) atoms. The molecule has 0 saturated heterocycles. The number of halogens is 1. The van der Waals surface area contributed by atoms with Crippen molar-refractivity contribution in [3.63, 3.8) is 0 Å². The van der Waals surface area contributed by atoms with E-state index in [2.05, 4.69) is 21.2 Å². The van der Waals surface area contributed by atoms with Gasteiger partial charge in [0.25, 0.3) is 0 Å². The van der Waals surface area contributed by atoms with Crippen molar-refractivity contribution >= 4 is 37.5 Å². The highest BCUT2D eigenvalue weighted by molar-refractivity contribution is 9.10. The van der Waals surface area contributed by atoms with E-state index in [9.17, 15) is 13.2 Å². The van der Waals surface area contributed by atoms with Gasteiger partial charge in [-0.15, -0.1) is 0 Å². The first-order valence-corrected chi connectivity index (χ1v) is 9.52. The van der Waals surface area contributed by atoms with Crippen LogP contribution in [0.2, 0.25) is 0 Å². The van der Waals surface area contributed by atoms with E-state index < -0.39 is 15.9 Å². The van der Waals surface area contributed by atoms with Crippen molar-refractivity contribution < 1.29 is 13.2 Å². The van der Waals surface area contributed by atoms with Gasteiger partial charge >= 0.3 is 0 Å². The highest BCUT2D eigenvalue weighted by Crippen LogP contribution is 2.20. The standard InChI is InChI=1S/C17H19BrN2O3S/c1-12-4-7-15(8-5-12)24(22,23)20(3)11-17(21)19-16-9-6-14(18)10-13(16)2/h4-10H,11H2,1-3H3,(H,19,21). The van der Waals surface area contributed by atoms with E-state index >= 15 is 0 Å². The third-order valence-corrected chi connectivity index (χ3v) is 5.87. The van der Waals surface area contributed by atoms with E-state index in [4.69, 9.17) is 0 Å². The molecule has 0 spiro atoms. The molecule has 2 aromatic carbocycles. The molecule has 0 fully saturated rings. The zero-order valence-corrected chi connectivity index (χ0v) is 16.1. The number of sulfonamides is 1. The second kappa shape index (κ2) is 7.46. The molecule has 2 aromatic rings. The number of carbonyl (C=O) groups is 1. The quantitative estimate of drug-likeness (QED) is 0.821. The summed E-state index contributed by atoms with van der Waals surface area (Å²) in [6.07, 6.45) is 0. The van der Waals surface area contributed by atoms with Gasteiger partial charge in [-0.25, -0.2) is 8.42 Å². The van der Waals surface area contributed by atoms with Crippen LogP contribution >= 0.6 is 15.9 Å². The Morgan fingerprint density at radius 2 is 1.75 bits per heavy atom. The van der Waals surface area contributed by atoms with Crippen LogP contribution in [0.3, 0.4) is 0 Å². The average Bonchev–Trinajstić information content (AvgIpc) is 2.50. The number of likely N-dealkylation sites (N-methyl/N-ethyl adjacent to an activating group) is 1. The summed E-state index contributed by atoms with van der Waals surface area (Å²) < 4.78 is 26.9. The molecule has 0 unspecified atom stereocenters. The summed E-state index contributed by atoms with van der Waals surface area (Å²) in [5.41, 5.74) is 2.52. The molecule has 1 N–H and O–H groups in total. The maximum atomic E-state index is 12.5. The van der Waals surface area contributed by atoms with Gasteiger partial charge in [0.05, 0.1) is 11.4 Å². The van der Waals surface area contributed by atoms with Gasteiger partial charge in [-0.05, 0) is 49.7 Å². The number of carbonyl (C=O) groups excluding carboxylic acids is 1. The summed E-state index contributed by atoms with van der Waals surface area (Å²) in [6, 6.07) is 12.0. The average molecular weight is 411 g/mol. The number of anilines is 1. The Labute approximate surface area is 150 Å². The fraction of sp³-hybridized carbons (Fsp3) is 0.235. The number of nitrogens with zero attached hydrogens (tertiary/aromatic N) is 1. The molecular weight excluding hydrogens is 392 g/mol. The fourth-order valence-corrected chi connectivity index (χ4v) is 3.74. The Hall–Kier alpha value is -1.70. The number of amides is 1. The molecule has 0 radical (unpaired) electrons. The predicted molar refractivity (Wildman–Crippen MR) is 98.5 cm³/mol. The Morgan fingerprint density at radius 1 is 1.12 bits per heavy atom. The maximum Gasteiger partial charge on any atom is 0.243 e. The van der Waals surface area contributed by atoms with E-state index in [0.29, 0.717) is 5.69 Å². The van der Waals surface area contributed by atoms with Crippen molar-refractivity contribution in [3.05, 3.63) is 58.1 Å². The monoisotopic (exact) mass is 410 g/mol. The highest BCUT2D eigenvalue weighted by Gasteiger charge is 2.23. The van der Waals surface area contributed by atoms with Crippen LogP contribution in [0.25, 0.3) is 0 Å². The molecule has 0 saturated carbocycles. The van der Waals surface area contributed by atoms with E-state index in [1.54, 1.807) is 18.2 Å². The Kier molecular flexibility index (Phi) is 5.79. The summed E-state index contributed by atoms with van der Waals surface area (Å²) in [5, 5.41) is 2.74. The third kappa shape index (κ3) is 4.43. The number of nitrogens with one attached hydrogen (secondary N) is 1. The van der Waals surface area contributed by atoms with Gasteiger partial charge in [-0.1, -0.05) is 33.6 Å². The lowest BCUT2D eigenvalue weighted by molar-refractivity contribution is -0.116. The zero-order valence-electron chi connectivity index (χ0n) is 13.7. The maximum absolute atomic E-state index is 12.5. The number of aryl methyl sites for hydroxylation is 2. The van der Waals surface area contributed by atoms with Crippen LogP contribution in [0.5, 0.6) is 0 Å². The normalized spacial score (nSPS) is 11.5. The number of rotatable bonds is 5. The van der Waals surface area contributed by atoms with Crippen molar-refractivity contribution in [2.24, 2.45) is 0 Å². The number of hydrogen-bond acceptors (Lipinski definition) is 3. The predicted octanol–water partition coefficient (Wildman–Crippen LogP) is 3.33. The summed E-state index contributed by atoms with van der Waals surface area (Å²) in [4.78, 5) is 12.3. The first-order valence-electron chi connectivity index (χ1n) is 7.29. The van der Waals surface area contributed by atoms with Gasteiger partial charge in [-0.3, -0.25) is 4.79 Å². The molecule has 0 aliphatic carbocycles. The highest BCUT2D eigenvalue weighted by atomic mass is 79.9. The lowest BCUT2D eigenvalue weighted by Gasteiger charge is -2.17. The lowest BCUT2D eigenvalue weighted by atomic mass is 10.2. The van der Waals surface area contributed by atoms with E-state index in [0.717, 1.165) is 19.9 Å². The van der Waals surface area contributed by atoms with Gasteiger partial charge in [0, 0.05) is 17.2 Å². The molecule has 0 bridgehead atoms. The van der Waals surface area contributed by atoms with Crippen LogP contribution in [-0.2, 0) is 14.8 Å². The van der Waals surface area contributed by atoms with E-state index in [-0.39, 0.29) is 11.4 Å². The SMILES string of the molecule is Cc1ccc(S(=O)(=O)N(C)CC(=O)Nc2ccc(Br)cc2C)cc1. The molecule has 7 heteroatoms. The first kappa shape index (κ1) is 18.6. The van der Waals surface area contributed by atoms with Gasteiger partial charge in [-0.2, -0.15) is 4.31 Å². The summed E-state index contributed by atoms with van der Waals surface area (Å²) in [5.74, 6) is -0.390. The molecule has 1 amide bonds. The number of hydrogen-bond donors (Lipinski definition) is 1. The van der Waals surface area contributed by atoms with E-state index in [1.807, 2.05) is 26.0 Å². The first-order chi connectivity index (χ1) is 11.2. The molecule has 0 aromatic heterocycles. The third-order valence-electron chi connectivity index (χ3n) is 3.56. The number of benzene rings is 2. The second-order valence-electron chi connectivity index (χ2n) is 5.58. The molecule has 0 atom stereocenters. The Bertz CT molecular complexity index is 849. The van der Waals surface area contributed by atoms with Crippen LogP contribution in [0.4, 0.5) is 5.69 Å². The van der Waals surface area contributed by atoms with Crippen LogP contribution in [0.15, 0.2) is 51.8 Å². The van der Waals surface area contributed by atoms with Gasteiger partial charge in [0.15, 0.2) is 0 Å². The molecule has 0 aliphatic heterocycles. The molecule has 2 rings (SSSR count). The van der Waals surface area contributed by atoms with Gasteiger partial charge < -0.3 is 5.32 Å². The second-order valence-corrected chi connectivity index (χ2v) is 8.54. The summed E-state index contributed by atoms with van der Waals surface area (Å²) in [7, 11) is -2.30. The van der Waals surface area contributed by atoms with E-state index in [1.165, 1.54) is 19.2 Å². The minimum atomic E-state index is -3.69. The molecular formula is C17H19BrN2O3S. The largest absolute Gasteiger partial charge is 0.325 e. The van der Waals surface area contributed by atoms with Crippen molar-refractivity contribution in [3.8, 4) is 0 Å². The summed E-state index contributed by atoms with van der Waals surface area (Å²) in [6.45, 7) is 3.49. The minimum absolute atomic E-state index is 0.170. The van der Waals surface area contributed by atoms with Crippen molar-refractivity contribution in [1.82, 2.24) is 4.31 Å². The smallest absolute Gasteiger partial charge is 0.243 e. The van der Waals surface area contributed by atoms with Crippen LogP contribution in [0.1, 0.15) is 11.1 Å². The van der Waals surface area contributed by atoms with Gasteiger partial charge in [0.2, 0.25) is 15.9 Å². The van der Waals surface area contributed by atoms with Gasteiger partial charge in [0.1, 0.15) is 0 Å². The molecule has 0 heterocycles. The Balaban J connectivity index is 2.09. The lowest BCUT2D eigenvalue weighted by Crippen LogP contribution is -2.35. The van der Waals surface area contributed by atoms with Crippen molar-refractivity contribution in [2.75, 3.05) is 18.9 Å². The van der Waals surface area contributed by atoms with Crippen molar-refractivity contribution in [1.29, 1.82) is 0 Å². The minimum Gasteiger partial charge on any atom is -0.325 e. The Morgan fingerprint density at radius 3 is 2.33 bits per heavy atom. The van der Waals surface area contributed by atoms with Crippen LogP contribution in [0, 0.1) is 13.8 Å². The fourth-order valence-electron chi connectivity index (χ4n) is 2.13. The van der Waals surface area contributed by atoms with Crippen LogP contribution < -0.4 is 5.32 Å². The van der Waals surface area contributed by atoms with Crippen LogP contribution in [-0.4, -0.2) is 32.2 Å². The zero-order chi connectivity index (χ0) is 17.9.